The smallest absolute Gasteiger partial charge is 0.124 e. The number of benzene rings is 4. The van der Waals surface area contributed by atoms with E-state index in [0.717, 1.165) is 30.3 Å². The van der Waals surface area contributed by atoms with Gasteiger partial charge in [-0.25, -0.2) is 0 Å². The van der Waals surface area contributed by atoms with Crippen LogP contribution in [-0.2, 0) is 19.6 Å². The topological polar surface area (TPSA) is 21.3 Å². The lowest BCUT2D eigenvalue weighted by Crippen LogP contribution is -2.17. The van der Waals surface area contributed by atoms with Crippen molar-refractivity contribution in [1.82, 2.24) is 5.32 Å². The molecule has 0 fully saturated rings. The molecule has 0 aliphatic rings. The second-order valence-corrected chi connectivity index (χ2v) is 7.53. The van der Waals surface area contributed by atoms with Crippen LogP contribution in [0.25, 0.3) is 10.8 Å². The van der Waals surface area contributed by atoms with Crippen LogP contribution in [0.1, 0.15) is 16.7 Å². The third-order valence-corrected chi connectivity index (χ3v) is 5.29. The van der Waals surface area contributed by atoms with E-state index in [1.165, 1.54) is 27.5 Å². The maximum absolute atomic E-state index is 6.21. The summed E-state index contributed by atoms with van der Waals surface area (Å²) in [4.78, 5) is 0. The van der Waals surface area contributed by atoms with Crippen molar-refractivity contribution < 1.29 is 4.74 Å². The molecule has 0 unspecified atom stereocenters. The molecule has 0 aliphatic carbocycles. The van der Waals surface area contributed by atoms with Crippen molar-refractivity contribution in [3.05, 3.63) is 113 Å². The quantitative estimate of drug-likeness (QED) is 0.345. The first-order valence-corrected chi connectivity index (χ1v) is 10.3. The van der Waals surface area contributed by atoms with Gasteiger partial charge in [0, 0.05) is 17.1 Å². The van der Waals surface area contributed by atoms with Gasteiger partial charge in [0.15, 0.2) is 0 Å². The minimum absolute atomic E-state index is 0.566. The van der Waals surface area contributed by atoms with Crippen molar-refractivity contribution in [2.24, 2.45) is 0 Å². The van der Waals surface area contributed by atoms with Gasteiger partial charge in [0.25, 0.3) is 0 Å². The molecule has 0 amide bonds. The molecule has 0 atom stereocenters. The fourth-order valence-corrected chi connectivity index (χ4v) is 3.59. The molecule has 0 radical (unpaired) electrons. The van der Waals surface area contributed by atoms with Crippen molar-refractivity contribution in [3.63, 3.8) is 0 Å². The molecule has 0 heterocycles. The summed E-state index contributed by atoms with van der Waals surface area (Å²) in [5.41, 5.74) is 3.65. The van der Waals surface area contributed by atoms with E-state index < -0.39 is 0 Å². The second kappa shape index (κ2) is 9.60. The highest BCUT2D eigenvalue weighted by Gasteiger charge is 2.09. The Kier molecular flexibility index (Phi) is 6.45. The average Bonchev–Trinajstić information content (AvgIpc) is 2.77. The monoisotopic (exact) mass is 401 g/mol. The van der Waals surface area contributed by atoms with Gasteiger partial charge in [0.05, 0.1) is 0 Å². The zero-order valence-electron chi connectivity index (χ0n) is 16.3. The molecular weight excluding hydrogens is 378 g/mol. The van der Waals surface area contributed by atoms with Gasteiger partial charge in [-0.3, -0.25) is 0 Å². The predicted molar refractivity (Wildman–Crippen MR) is 122 cm³/mol. The molecule has 146 valence electrons. The van der Waals surface area contributed by atoms with Gasteiger partial charge < -0.3 is 10.1 Å². The molecule has 0 saturated heterocycles. The molecule has 2 nitrogen and oxygen atoms in total. The number of rotatable bonds is 8. The van der Waals surface area contributed by atoms with E-state index in [2.05, 4.69) is 66.0 Å². The molecule has 0 aliphatic heterocycles. The summed E-state index contributed by atoms with van der Waals surface area (Å²) in [5.74, 6) is 0.937. The van der Waals surface area contributed by atoms with E-state index in [-0.39, 0.29) is 0 Å². The Bertz CT molecular complexity index is 1060. The second-order valence-electron chi connectivity index (χ2n) is 7.09. The number of halogens is 1. The summed E-state index contributed by atoms with van der Waals surface area (Å²) in [6.07, 6.45) is 0.960. The zero-order valence-corrected chi connectivity index (χ0v) is 17.0. The van der Waals surface area contributed by atoms with Crippen molar-refractivity contribution in [2.75, 3.05) is 6.54 Å². The highest BCUT2D eigenvalue weighted by molar-refractivity contribution is 6.30. The highest BCUT2D eigenvalue weighted by atomic mass is 35.5. The number of ether oxygens (including phenoxy) is 1. The fourth-order valence-electron chi connectivity index (χ4n) is 3.47. The minimum Gasteiger partial charge on any atom is -0.489 e. The van der Waals surface area contributed by atoms with Gasteiger partial charge in [0.1, 0.15) is 12.4 Å². The largest absolute Gasteiger partial charge is 0.489 e. The van der Waals surface area contributed by atoms with Crippen LogP contribution in [0.15, 0.2) is 91.0 Å². The van der Waals surface area contributed by atoms with E-state index in [1.54, 1.807) is 0 Å². The summed E-state index contributed by atoms with van der Waals surface area (Å²) >= 11 is 5.97. The highest BCUT2D eigenvalue weighted by Crippen LogP contribution is 2.28. The molecule has 3 heteroatoms. The SMILES string of the molecule is Clc1ccc(CCNCc2c(OCc3ccccc3)ccc3ccccc23)cc1. The third-order valence-electron chi connectivity index (χ3n) is 5.04. The summed E-state index contributed by atoms with van der Waals surface area (Å²) < 4.78 is 6.21. The lowest BCUT2D eigenvalue weighted by molar-refractivity contribution is 0.303. The Morgan fingerprint density at radius 1 is 0.724 bits per heavy atom. The van der Waals surface area contributed by atoms with E-state index in [1.807, 2.05) is 30.3 Å². The first kappa shape index (κ1) is 19.5. The first-order valence-electron chi connectivity index (χ1n) is 9.92. The van der Waals surface area contributed by atoms with Crippen LogP contribution >= 0.6 is 11.6 Å². The van der Waals surface area contributed by atoms with Crippen LogP contribution in [0.5, 0.6) is 5.75 Å². The van der Waals surface area contributed by atoms with E-state index in [0.29, 0.717) is 6.61 Å². The zero-order chi connectivity index (χ0) is 19.9. The van der Waals surface area contributed by atoms with Gasteiger partial charge >= 0.3 is 0 Å². The molecule has 0 bridgehead atoms. The van der Waals surface area contributed by atoms with Gasteiger partial charge in [-0.05, 0) is 53.1 Å². The van der Waals surface area contributed by atoms with Crippen LogP contribution in [0, 0.1) is 0 Å². The molecule has 1 N–H and O–H groups in total. The van der Waals surface area contributed by atoms with Crippen LogP contribution < -0.4 is 10.1 Å². The van der Waals surface area contributed by atoms with Crippen LogP contribution in [0.4, 0.5) is 0 Å². The van der Waals surface area contributed by atoms with E-state index in [4.69, 9.17) is 16.3 Å². The molecule has 4 rings (SSSR count). The van der Waals surface area contributed by atoms with Gasteiger partial charge in [-0.15, -0.1) is 0 Å². The van der Waals surface area contributed by atoms with Gasteiger partial charge in [-0.1, -0.05) is 84.4 Å². The molecule has 29 heavy (non-hydrogen) atoms. The Balaban J connectivity index is 1.47. The summed E-state index contributed by atoms with van der Waals surface area (Å²) in [6.45, 7) is 2.22. The van der Waals surface area contributed by atoms with Crippen LogP contribution in [-0.4, -0.2) is 6.54 Å². The van der Waals surface area contributed by atoms with Gasteiger partial charge in [0.2, 0.25) is 0 Å². The molecular formula is C26H24ClNO. The maximum atomic E-state index is 6.21. The molecule has 4 aromatic carbocycles. The fraction of sp³-hybridized carbons (Fsp3) is 0.154. The van der Waals surface area contributed by atoms with Crippen molar-refractivity contribution >= 4 is 22.4 Å². The van der Waals surface area contributed by atoms with Crippen LogP contribution in [0.2, 0.25) is 5.02 Å². The summed E-state index contributed by atoms with van der Waals surface area (Å²) in [6, 6.07) is 31.0. The van der Waals surface area contributed by atoms with E-state index >= 15 is 0 Å². The molecule has 0 aromatic heterocycles. The lowest BCUT2D eigenvalue weighted by Gasteiger charge is -2.15. The van der Waals surface area contributed by atoms with Crippen LogP contribution in [0.3, 0.4) is 0 Å². The lowest BCUT2D eigenvalue weighted by atomic mass is 10.0. The number of hydrogen-bond acceptors (Lipinski definition) is 2. The number of fused-ring (bicyclic) bond motifs is 1. The predicted octanol–water partition coefficient (Wildman–Crippen LogP) is 6.40. The normalized spacial score (nSPS) is 10.9. The first-order chi connectivity index (χ1) is 14.3. The summed E-state index contributed by atoms with van der Waals surface area (Å²) in [5, 5.41) is 6.82. The van der Waals surface area contributed by atoms with Gasteiger partial charge in [-0.2, -0.15) is 0 Å². The maximum Gasteiger partial charge on any atom is 0.124 e. The minimum atomic E-state index is 0.566. The standard InChI is InChI=1S/C26H24ClNO/c27-23-13-10-20(11-14-23)16-17-28-18-25-24-9-5-4-8-22(24)12-15-26(25)29-19-21-6-2-1-3-7-21/h1-15,28H,16-19H2. The Hall–Kier alpha value is -2.81. The summed E-state index contributed by atoms with van der Waals surface area (Å²) in [7, 11) is 0. The Labute approximate surface area is 177 Å². The Morgan fingerprint density at radius 2 is 1.48 bits per heavy atom. The third kappa shape index (κ3) is 5.17. The average molecular weight is 402 g/mol. The van der Waals surface area contributed by atoms with Crippen molar-refractivity contribution in [3.8, 4) is 5.75 Å². The number of hydrogen-bond donors (Lipinski definition) is 1. The number of nitrogens with one attached hydrogen (secondary N) is 1. The van der Waals surface area contributed by atoms with Crippen molar-refractivity contribution in [1.29, 1.82) is 0 Å². The molecule has 0 spiro atoms. The van der Waals surface area contributed by atoms with E-state index in [9.17, 15) is 0 Å². The Morgan fingerprint density at radius 3 is 2.31 bits per heavy atom. The molecule has 4 aromatic rings. The van der Waals surface area contributed by atoms with Crippen molar-refractivity contribution in [2.45, 2.75) is 19.6 Å². The molecule has 0 saturated carbocycles.